The second-order valence-corrected chi connectivity index (χ2v) is 4.33. The summed E-state index contributed by atoms with van der Waals surface area (Å²) in [4.78, 5) is 0. The average molecular weight is 270 g/mol. The molecule has 0 heterocycles. The van der Waals surface area contributed by atoms with E-state index in [0.717, 1.165) is 32.4 Å². The fourth-order valence-corrected chi connectivity index (χ4v) is 1.60. The molecular weight excluding hydrogens is 243 g/mol. The molecule has 0 aromatic rings. The van der Waals surface area contributed by atoms with Crippen LogP contribution in [0, 0.1) is 0 Å². The molecular formula is C9H27N4O3P. The minimum Gasteiger partial charge on any atom is -0.344 e. The first-order valence-electron chi connectivity index (χ1n) is 5.78. The zero-order valence-corrected chi connectivity index (χ0v) is 11.7. The third-order valence-corrected chi connectivity index (χ3v) is 2.60. The van der Waals surface area contributed by atoms with Gasteiger partial charge in [-0.05, 0) is 6.42 Å². The van der Waals surface area contributed by atoms with Gasteiger partial charge in [-0.3, -0.25) is 4.57 Å². The Kier molecular flexibility index (Phi) is 18.2. The van der Waals surface area contributed by atoms with Crippen molar-refractivity contribution in [2.45, 2.75) is 26.2 Å². The summed E-state index contributed by atoms with van der Waals surface area (Å²) in [6, 6.07) is 0. The third kappa shape index (κ3) is 16.0. The maximum absolute atomic E-state index is 11.1. The van der Waals surface area contributed by atoms with E-state index < -0.39 is 8.25 Å². The summed E-state index contributed by atoms with van der Waals surface area (Å²) in [7, 11) is -2.38. The van der Waals surface area contributed by atoms with Gasteiger partial charge in [0.1, 0.15) is 0 Å². The van der Waals surface area contributed by atoms with Gasteiger partial charge in [-0.2, -0.15) is 5.48 Å². The van der Waals surface area contributed by atoms with Crippen LogP contribution in [0.1, 0.15) is 26.2 Å². The van der Waals surface area contributed by atoms with E-state index in [0.29, 0.717) is 19.7 Å². The monoisotopic (exact) mass is 270 g/mol. The topological polar surface area (TPSA) is 121 Å². The van der Waals surface area contributed by atoms with E-state index in [4.69, 9.17) is 14.9 Å². The summed E-state index contributed by atoms with van der Waals surface area (Å²) in [5.41, 5.74) is 7.88. The molecule has 0 saturated carbocycles. The highest BCUT2D eigenvalue weighted by Crippen LogP contribution is 2.21. The summed E-state index contributed by atoms with van der Waals surface area (Å²) in [6.07, 6.45) is 3.14. The molecule has 0 spiro atoms. The summed E-state index contributed by atoms with van der Waals surface area (Å²) in [6.45, 7) is 5.29. The summed E-state index contributed by atoms with van der Waals surface area (Å²) < 4.78 is 20.9. The van der Waals surface area contributed by atoms with Crippen LogP contribution < -0.4 is 22.7 Å². The maximum Gasteiger partial charge on any atom is 0.335 e. The Bertz CT molecular complexity index is 174. The van der Waals surface area contributed by atoms with Gasteiger partial charge in [0.05, 0.1) is 6.61 Å². The lowest BCUT2D eigenvalue weighted by Crippen LogP contribution is -2.30. The van der Waals surface area contributed by atoms with Crippen LogP contribution in [0.25, 0.3) is 0 Å². The number of nitrogens with two attached hydrogens (primary N) is 1. The molecule has 0 aromatic carbocycles. The predicted octanol–water partition coefficient (Wildman–Crippen LogP) is 0.814. The van der Waals surface area contributed by atoms with Crippen molar-refractivity contribution in [3.8, 4) is 0 Å². The molecule has 106 valence electrons. The van der Waals surface area contributed by atoms with Gasteiger partial charge in [0.15, 0.2) is 0 Å². The van der Waals surface area contributed by atoms with Crippen molar-refractivity contribution in [3.05, 3.63) is 0 Å². The van der Waals surface area contributed by atoms with E-state index in [1.807, 2.05) is 0 Å². The highest BCUT2D eigenvalue weighted by Gasteiger charge is 1.98. The largest absolute Gasteiger partial charge is 0.344 e. The first kappa shape index (κ1) is 19.3. The minimum atomic E-state index is -2.38. The molecule has 0 amide bonds. The summed E-state index contributed by atoms with van der Waals surface area (Å²) in [5.74, 6) is 0. The lowest BCUT2D eigenvalue weighted by molar-refractivity contribution is 0.155. The Morgan fingerprint density at radius 1 is 1.24 bits per heavy atom. The number of unbranched alkanes of at least 4 members (excludes halogenated alkanes) is 2. The molecule has 1 atom stereocenters. The Morgan fingerprint density at radius 2 is 2.00 bits per heavy atom. The molecule has 0 bridgehead atoms. The van der Waals surface area contributed by atoms with Gasteiger partial charge in [0.2, 0.25) is 0 Å². The van der Waals surface area contributed by atoms with Crippen LogP contribution in [-0.4, -0.2) is 32.8 Å². The van der Waals surface area contributed by atoms with E-state index >= 15 is 0 Å². The van der Waals surface area contributed by atoms with E-state index in [1.54, 1.807) is 0 Å². The van der Waals surface area contributed by atoms with Gasteiger partial charge >= 0.3 is 8.25 Å². The van der Waals surface area contributed by atoms with Crippen molar-refractivity contribution in [2.75, 3.05) is 32.8 Å². The fourth-order valence-electron chi connectivity index (χ4n) is 1.01. The second-order valence-electron chi connectivity index (χ2n) is 3.34. The van der Waals surface area contributed by atoms with Crippen molar-refractivity contribution in [1.29, 1.82) is 0 Å². The molecule has 17 heavy (non-hydrogen) atoms. The SMILES string of the molecule is CCCCCO[PH](=O)ONCCNCCN.N. The number of hydroxylamine groups is 1. The van der Waals surface area contributed by atoms with Crippen LogP contribution in [0.4, 0.5) is 0 Å². The number of nitrogens with one attached hydrogen (secondary N) is 2. The van der Waals surface area contributed by atoms with Crippen molar-refractivity contribution >= 4 is 8.25 Å². The molecule has 0 radical (unpaired) electrons. The average Bonchev–Trinajstić information content (AvgIpc) is 2.29. The van der Waals surface area contributed by atoms with Gasteiger partial charge < -0.3 is 21.7 Å². The number of hydrogen-bond acceptors (Lipinski definition) is 7. The van der Waals surface area contributed by atoms with Crippen LogP contribution in [-0.2, 0) is 13.7 Å². The van der Waals surface area contributed by atoms with E-state index in [9.17, 15) is 4.57 Å². The lowest BCUT2D eigenvalue weighted by Gasteiger charge is -2.06. The normalized spacial score (nSPS) is 12.1. The second kappa shape index (κ2) is 16.0. The van der Waals surface area contributed by atoms with Gasteiger partial charge in [-0.25, -0.2) is 4.62 Å². The minimum absolute atomic E-state index is 0. The number of hydrogen-bond donors (Lipinski definition) is 4. The van der Waals surface area contributed by atoms with Crippen LogP contribution in [0.5, 0.6) is 0 Å². The molecule has 7 nitrogen and oxygen atoms in total. The van der Waals surface area contributed by atoms with Crippen molar-refractivity contribution < 1.29 is 13.7 Å². The molecule has 0 aliphatic rings. The van der Waals surface area contributed by atoms with Crippen LogP contribution in [0.3, 0.4) is 0 Å². The van der Waals surface area contributed by atoms with Crippen molar-refractivity contribution in [1.82, 2.24) is 16.9 Å². The van der Waals surface area contributed by atoms with Gasteiger partial charge in [0.25, 0.3) is 0 Å². The quantitative estimate of drug-likeness (QED) is 0.235. The van der Waals surface area contributed by atoms with Crippen molar-refractivity contribution in [3.63, 3.8) is 0 Å². The summed E-state index contributed by atoms with van der Waals surface area (Å²) in [5, 5.41) is 3.07. The van der Waals surface area contributed by atoms with E-state index in [2.05, 4.69) is 17.7 Å². The standard InChI is InChI=1S/C9H24N3O3P.H3N/c1-2-3-4-9-14-16(13)15-12-8-7-11-6-5-10;/h11-12,16H,2-10H2,1H3;1H3. The number of rotatable bonds is 12. The van der Waals surface area contributed by atoms with Gasteiger partial charge in [0, 0.05) is 26.2 Å². The zero-order chi connectivity index (χ0) is 12.1. The Balaban J connectivity index is 0. The van der Waals surface area contributed by atoms with Gasteiger partial charge in [-0.1, -0.05) is 19.8 Å². The lowest BCUT2D eigenvalue weighted by atomic mass is 10.3. The highest BCUT2D eigenvalue weighted by molar-refractivity contribution is 7.33. The summed E-state index contributed by atoms with van der Waals surface area (Å²) >= 11 is 0. The smallest absolute Gasteiger partial charge is 0.335 e. The molecule has 0 aromatic heterocycles. The molecule has 7 N–H and O–H groups in total. The fraction of sp³-hybridized carbons (Fsp3) is 1.00. The van der Waals surface area contributed by atoms with Gasteiger partial charge in [-0.15, -0.1) is 0 Å². The molecule has 0 aliphatic carbocycles. The first-order chi connectivity index (χ1) is 7.81. The molecule has 0 saturated heterocycles. The molecule has 0 rings (SSSR count). The first-order valence-corrected chi connectivity index (χ1v) is 7.01. The van der Waals surface area contributed by atoms with Crippen LogP contribution >= 0.6 is 8.25 Å². The van der Waals surface area contributed by atoms with Crippen LogP contribution in [0.15, 0.2) is 0 Å². The highest BCUT2D eigenvalue weighted by atomic mass is 31.1. The Labute approximate surface area is 104 Å². The van der Waals surface area contributed by atoms with E-state index in [-0.39, 0.29) is 6.15 Å². The molecule has 0 aliphatic heterocycles. The molecule has 8 heteroatoms. The Hall–Kier alpha value is -0.0100. The predicted molar refractivity (Wildman–Crippen MR) is 70.5 cm³/mol. The van der Waals surface area contributed by atoms with Crippen molar-refractivity contribution in [2.24, 2.45) is 5.73 Å². The molecule has 1 unspecified atom stereocenters. The molecule has 0 fully saturated rings. The van der Waals surface area contributed by atoms with Crippen LogP contribution in [0.2, 0.25) is 0 Å². The zero-order valence-electron chi connectivity index (χ0n) is 10.7. The maximum atomic E-state index is 11.1. The third-order valence-electron chi connectivity index (χ3n) is 1.85. The van der Waals surface area contributed by atoms with E-state index in [1.165, 1.54) is 0 Å². The Morgan fingerprint density at radius 3 is 2.65 bits per heavy atom.